The second kappa shape index (κ2) is 6.44. The molecular weight excluding hydrogens is 238 g/mol. The summed E-state index contributed by atoms with van der Waals surface area (Å²) in [7, 11) is 3.18. The number of hydrogen-bond acceptors (Lipinski definition) is 6. The van der Waals surface area contributed by atoms with Crippen molar-refractivity contribution in [3.63, 3.8) is 0 Å². The van der Waals surface area contributed by atoms with Crippen molar-refractivity contribution >= 4 is 23.5 Å². The molecule has 0 amide bonds. The number of ether oxygens (including phenoxy) is 1. The Bertz CT molecular complexity index is 396. The third-order valence-corrected chi connectivity index (χ3v) is 2.94. The molecule has 94 valence electrons. The number of anilines is 1. The summed E-state index contributed by atoms with van der Waals surface area (Å²) in [6.45, 7) is 4.06. The first kappa shape index (κ1) is 13.8. The van der Waals surface area contributed by atoms with Crippen molar-refractivity contribution in [1.82, 2.24) is 9.97 Å². The molecule has 1 heterocycles. The molecule has 0 unspecified atom stereocenters. The predicted molar refractivity (Wildman–Crippen MR) is 68.4 cm³/mol. The van der Waals surface area contributed by atoms with Gasteiger partial charge in [0, 0.05) is 19.0 Å². The molecule has 0 atom stereocenters. The number of nitrogens with one attached hydrogen (secondary N) is 1. The highest BCUT2D eigenvalue weighted by molar-refractivity contribution is 7.99. The highest BCUT2D eigenvalue weighted by Crippen LogP contribution is 2.21. The SMILES string of the molecule is CNc1cc(SCC(=O)OC)nc(C(C)C)n1. The minimum atomic E-state index is -0.259. The third-order valence-electron chi connectivity index (χ3n) is 2.06. The minimum Gasteiger partial charge on any atom is -0.468 e. The molecular formula is C11H17N3O2S. The van der Waals surface area contributed by atoms with Crippen LogP contribution >= 0.6 is 11.8 Å². The number of thioether (sulfide) groups is 1. The number of carbonyl (C=O) groups excluding carboxylic acids is 1. The Morgan fingerprint density at radius 2 is 2.24 bits per heavy atom. The second-order valence-corrected chi connectivity index (χ2v) is 4.71. The van der Waals surface area contributed by atoms with E-state index in [4.69, 9.17) is 0 Å². The molecule has 1 aromatic rings. The largest absolute Gasteiger partial charge is 0.468 e. The van der Waals surface area contributed by atoms with E-state index in [0.717, 1.165) is 16.7 Å². The summed E-state index contributed by atoms with van der Waals surface area (Å²) in [5, 5.41) is 3.76. The van der Waals surface area contributed by atoms with E-state index in [2.05, 4.69) is 20.0 Å². The first-order chi connectivity index (χ1) is 8.06. The van der Waals surface area contributed by atoms with Gasteiger partial charge in [0.15, 0.2) is 0 Å². The van der Waals surface area contributed by atoms with Crippen molar-refractivity contribution in [2.24, 2.45) is 0 Å². The lowest BCUT2D eigenvalue weighted by Crippen LogP contribution is -2.06. The van der Waals surface area contributed by atoms with Gasteiger partial charge in [0.05, 0.1) is 12.9 Å². The van der Waals surface area contributed by atoms with Crippen LogP contribution in [0, 0.1) is 0 Å². The zero-order valence-corrected chi connectivity index (χ0v) is 11.3. The van der Waals surface area contributed by atoms with Gasteiger partial charge in [-0.3, -0.25) is 4.79 Å². The molecule has 0 spiro atoms. The number of aromatic nitrogens is 2. The number of methoxy groups -OCH3 is 1. The topological polar surface area (TPSA) is 64.1 Å². The second-order valence-electron chi connectivity index (χ2n) is 3.72. The predicted octanol–water partition coefficient (Wildman–Crippen LogP) is 1.91. The van der Waals surface area contributed by atoms with Gasteiger partial charge in [0.25, 0.3) is 0 Å². The van der Waals surface area contributed by atoms with Crippen molar-refractivity contribution in [3.8, 4) is 0 Å². The summed E-state index contributed by atoms with van der Waals surface area (Å²) >= 11 is 1.35. The Balaban J connectivity index is 2.83. The fourth-order valence-corrected chi connectivity index (χ4v) is 1.83. The quantitative estimate of drug-likeness (QED) is 0.492. The summed E-state index contributed by atoms with van der Waals surface area (Å²) in [6, 6.07) is 1.82. The van der Waals surface area contributed by atoms with Gasteiger partial charge in [-0.1, -0.05) is 25.6 Å². The van der Waals surface area contributed by atoms with Crippen LogP contribution in [0.25, 0.3) is 0 Å². The van der Waals surface area contributed by atoms with Crippen LogP contribution in [0.2, 0.25) is 0 Å². The number of nitrogens with zero attached hydrogens (tertiary/aromatic N) is 2. The molecule has 0 fully saturated rings. The molecule has 0 aliphatic heterocycles. The van der Waals surface area contributed by atoms with Gasteiger partial charge in [-0.2, -0.15) is 0 Å². The van der Waals surface area contributed by atoms with E-state index in [0.29, 0.717) is 0 Å². The monoisotopic (exact) mass is 255 g/mol. The van der Waals surface area contributed by atoms with Crippen LogP contribution in [-0.2, 0) is 9.53 Å². The maximum absolute atomic E-state index is 11.1. The van der Waals surface area contributed by atoms with Gasteiger partial charge in [-0.15, -0.1) is 0 Å². The smallest absolute Gasteiger partial charge is 0.316 e. The van der Waals surface area contributed by atoms with E-state index in [-0.39, 0.29) is 17.6 Å². The first-order valence-electron chi connectivity index (χ1n) is 5.33. The third kappa shape index (κ3) is 4.22. The van der Waals surface area contributed by atoms with Crippen molar-refractivity contribution in [2.45, 2.75) is 24.8 Å². The van der Waals surface area contributed by atoms with Gasteiger partial charge < -0.3 is 10.1 Å². The van der Waals surface area contributed by atoms with E-state index in [1.807, 2.05) is 19.9 Å². The summed E-state index contributed by atoms with van der Waals surface area (Å²) in [4.78, 5) is 19.8. The average Bonchev–Trinajstić information content (AvgIpc) is 2.35. The Morgan fingerprint density at radius 3 is 2.76 bits per heavy atom. The number of carbonyl (C=O) groups is 1. The van der Waals surface area contributed by atoms with Crippen molar-refractivity contribution in [3.05, 3.63) is 11.9 Å². The highest BCUT2D eigenvalue weighted by atomic mass is 32.2. The minimum absolute atomic E-state index is 0.251. The van der Waals surface area contributed by atoms with E-state index >= 15 is 0 Å². The van der Waals surface area contributed by atoms with Crippen molar-refractivity contribution in [1.29, 1.82) is 0 Å². The average molecular weight is 255 g/mol. The van der Waals surface area contributed by atoms with Crippen LogP contribution in [0.5, 0.6) is 0 Å². The Labute approximate surface area is 105 Å². The van der Waals surface area contributed by atoms with Crippen LogP contribution in [0.4, 0.5) is 5.82 Å². The van der Waals surface area contributed by atoms with Crippen LogP contribution in [-0.4, -0.2) is 35.8 Å². The van der Waals surface area contributed by atoms with Gasteiger partial charge in [-0.25, -0.2) is 9.97 Å². The van der Waals surface area contributed by atoms with Gasteiger partial charge in [-0.05, 0) is 0 Å². The number of esters is 1. The molecule has 0 saturated heterocycles. The lowest BCUT2D eigenvalue weighted by Gasteiger charge is -2.09. The standard InChI is InChI=1S/C11H17N3O2S/c1-7(2)11-13-8(12-3)5-9(14-11)17-6-10(15)16-4/h5,7H,6H2,1-4H3,(H,12,13,14). The summed E-state index contributed by atoms with van der Waals surface area (Å²) < 4.78 is 4.59. The Hall–Kier alpha value is -1.30. The fourth-order valence-electron chi connectivity index (χ4n) is 1.09. The number of rotatable bonds is 5. The van der Waals surface area contributed by atoms with E-state index < -0.39 is 0 Å². The fraction of sp³-hybridized carbons (Fsp3) is 0.545. The lowest BCUT2D eigenvalue weighted by molar-refractivity contribution is -0.137. The molecule has 0 saturated carbocycles. The lowest BCUT2D eigenvalue weighted by atomic mass is 10.2. The zero-order valence-electron chi connectivity index (χ0n) is 10.5. The Kier molecular flexibility index (Phi) is 5.21. The summed E-state index contributed by atoms with van der Waals surface area (Å²) in [6.07, 6.45) is 0. The highest BCUT2D eigenvalue weighted by Gasteiger charge is 2.09. The maximum Gasteiger partial charge on any atom is 0.316 e. The van der Waals surface area contributed by atoms with Crippen molar-refractivity contribution in [2.75, 3.05) is 25.2 Å². The molecule has 0 aliphatic carbocycles. The van der Waals surface area contributed by atoms with Gasteiger partial charge >= 0.3 is 5.97 Å². The molecule has 1 rings (SSSR count). The van der Waals surface area contributed by atoms with Crippen LogP contribution < -0.4 is 5.32 Å². The van der Waals surface area contributed by atoms with E-state index in [1.165, 1.54) is 18.9 Å². The van der Waals surface area contributed by atoms with Gasteiger partial charge in [0.2, 0.25) is 0 Å². The molecule has 0 bridgehead atoms. The molecule has 0 radical (unpaired) electrons. The summed E-state index contributed by atoms with van der Waals surface area (Å²) in [5.74, 6) is 1.78. The van der Waals surface area contributed by atoms with E-state index in [9.17, 15) is 4.79 Å². The molecule has 1 aromatic heterocycles. The normalized spacial score (nSPS) is 10.4. The van der Waals surface area contributed by atoms with Crippen LogP contribution in [0.1, 0.15) is 25.6 Å². The van der Waals surface area contributed by atoms with Crippen molar-refractivity contribution < 1.29 is 9.53 Å². The van der Waals surface area contributed by atoms with Gasteiger partial charge in [0.1, 0.15) is 16.7 Å². The summed E-state index contributed by atoms with van der Waals surface area (Å²) in [5.41, 5.74) is 0. The van der Waals surface area contributed by atoms with Crippen LogP contribution in [0.3, 0.4) is 0 Å². The molecule has 5 nitrogen and oxygen atoms in total. The molecule has 0 aliphatic rings. The number of hydrogen-bond donors (Lipinski definition) is 1. The molecule has 17 heavy (non-hydrogen) atoms. The van der Waals surface area contributed by atoms with E-state index in [1.54, 1.807) is 7.05 Å². The zero-order chi connectivity index (χ0) is 12.8. The maximum atomic E-state index is 11.1. The molecule has 6 heteroatoms. The molecule has 0 aromatic carbocycles. The Morgan fingerprint density at radius 1 is 1.53 bits per heavy atom. The first-order valence-corrected chi connectivity index (χ1v) is 6.31. The molecule has 1 N–H and O–H groups in total. The van der Waals surface area contributed by atoms with Crippen LogP contribution in [0.15, 0.2) is 11.1 Å².